The van der Waals surface area contributed by atoms with Gasteiger partial charge < -0.3 is 19.9 Å². The van der Waals surface area contributed by atoms with Crippen molar-refractivity contribution < 1.29 is 24.2 Å². The summed E-state index contributed by atoms with van der Waals surface area (Å²) in [5.74, 6) is -0.129. The smallest absolute Gasteiger partial charge is 0.336 e. The minimum Gasteiger partial charge on any atom is -0.478 e. The van der Waals surface area contributed by atoms with E-state index in [2.05, 4.69) is 62.3 Å². The lowest BCUT2D eigenvalue weighted by Gasteiger charge is -2.37. The van der Waals surface area contributed by atoms with E-state index in [9.17, 15) is 14.7 Å². The molecule has 256 valence electrons. The molecule has 7 nitrogen and oxygen atoms in total. The maximum atomic E-state index is 13.9. The average molecular weight is 653 g/mol. The van der Waals surface area contributed by atoms with E-state index in [1.807, 2.05) is 45.0 Å². The zero-order valence-electron chi connectivity index (χ0n) is 29.6. The summed E-state index contributed by atoms with van der Waals surface area (Å²) in [4.78, 5) is 31.5. The van der Waals surface area contributed by atoms with Crippen molar-refractivity contribution in [1.82, 2.24) is 0 Å². The zero-order valence-corrected chi connectivity index (χ0v) is 29.6. The Bertz CT molecular complexity index is 1650. The van der Waals surface area contributed by atoms with Gasteiger partial charge in [-0.25, -0.2) is 4.79 Å². The molecule has 0 saturated carbocycles. The van der Waals surface area contributed by atoms with Crippen LogP contribution >= 0.6 is 0 Å². The van der Waals surface area contributed by atoms with Gasteiger partial charge in [-0.2, -0.15) is 0 Å². The van der Waals surface area contributed by atoms with Crippen LogP contribution in [0.25, 0.3) is 0 Å². The number of nitrogens with one attached hydrogen (secondary N) is 1. The largest absolute Gasteiger partial charge is 0.478 e. The highest BCUT2D eigenvalue weighted by atomic mass is 16.5. The average Bonchev–Trinajstić information content (AvgIpc) is 3.03. The molecule has 0 amide bonds. The Hall–Kier alpha value is -3.97. The van der Waals surface area contributed by atoms with Crippen LogP contribution in [0.3, 0.4) is 0 Å². The first-order valence-electron chi connectivity index (χ1n) is 17.7. The molecule has 5 atom stereocenters. The second-order valence-corrected chi connectivity index (χ2v) is 13.9. The van der Waals surface area contributed by atoms with Gasteiger partial charge in [0.25, 0.3) is 0 Å². The first-order chi connectivity index (χ1) is 23.0. The van der Waals surface area contributed by atoms with E-state index in [-0.39, 0.29) is 47.2 Å². The number of Topliss-reactive ketones (excluding diaryl/α,β-unsaturated/α-hetero) is 1. The number of carbonyl (C=O) groups is 2. The number of rotatable bonds is 11. The number of aromatic carboxylic acids is 1. The number of hydrogen-bond acceptors (Lipinski definition) is 6. The van der Waals surface area contributed by atoms with Crippen LogP contribution in [0.5, 0.6) is 5.75 Å². The molecule has 0 aromatic heterocycles. The molecular weight excluding hydrogens is 600 g/mol. The van der Waals surface area contributed by atoms with Crippen LogP contribution in [0.15, 0.2) is 71.0 Å². The van der Waals surface area contributed by atoms with E-state index in [0.29, 0.717) is 23.4 Å². The molecule has 0 radical (unpaired) electrons. The summed E-state index contributed by atoms with van der Waals surface area (Å²) >= 11 is 0. The van der Waals surface area contributed by atoms with Gasteiger partial charge in [0.15, 0.2) is 5.78 Å². The Kier molecular flexibility index (Phi) is 11.4. The first-order valence-corrected chi connectivity index (χ1v) is 17.7. The van der Waals surface area contributed by atoms with Gasteiger partial charge in [-0.3, -0.25) is 9.79 Å². The van der Waals surface area contributed by atoms with Gasteiger partial charge in [-0.05, 0) is 108 Å². The molecule has 2 N–H and O–H groups in total. The highest BCUT2D eigenvalue weighted by Crippen LogP contribution is 2.50. The fraction of sp³-hybridized carbons (Fsp3) is 0.488. The van der Waals surface area contributed by atoms with Crippen LogP contribution in [-0.4, -0.2) is 47.9 Å². The third-order valence-electron chi connectivity index (χ3n) is 9.81. The predicted octanol–water partition coefficient (Wildman–Crippen LogP) is 9.32. The highest BCUT2D eigenvalue weighted by molar-refractivity contribution is 6.09. The standard InChI is InChI=1S/C41H52N2O5/c1-8-42-35-22-37-33(19-25(35)5)39(34-20-26(6)36(43-9-2)23-38(34)48-37)31-17-15-29(21-32(31)41(45)46)40(44)27(7)18-28-12-10-11-13-30(16-14-28)47-24(3)4/h10,12,15,17,19-24,27-28,30,33,39,43H,8-9,11,13-14,16,18H2,1-7H3,(H,45,46)/b12-10+,42-35-. The van der Waals surface area contributed by atoms with Crippen molar-refractivity contribution in [2.75, 3.05) is 18.4 Å². The van der Waals surface area contributed by atoms with Crippen molar-refractivity contribution >= 4 is 23.2 Å². The van der Waals surface area contributed by atoms with Crippen LogP contribution in [0.4, 0.5) is 5.69 Å². The minimum absolute atomic E-state index is 0.0256. The Morgan fingerprint density at radius 3 is 2.56 bits per heavy atom. The lowest BCUT2D eigenvalue weighted by molar-refractivity contribution is -0.00427. The molecule has 0 fully saturated rings. The maximum absolute atomic E-state index is 13.9. The van der Waals surface area contributed by atoms with E-state index in [1.165, 1.54) is 0 Å². The van der Waals surface area contributed by atoms with Crippen LogP contribution in [0.2, 0.25) is 0 Å². The molecule has 0 spiro atoms. The third kappa shape index (κ3) is 7.84. The molecule has 7 heteroatoms. The number of aliphatic imine (C=N–C) groups is 1. The summed E-state index contributed by atoms with van der Waals surface area (Å²) in [6, 6.07) is 9.40. The van der Waals surface area contributed by atoms with Crippen molar-refractivity contribution in [3.63, 3.8) is 0 Å². The summed E-state index contributed by atoms with van der Waals surface area (Å²) in [7, 11) is 0. The number of carboxylic acids is 1. The molecule has 0 bridgehead atoms. The minimum atomic E-state index is -1.05. The second-order valence-electron chi connectivity index (χ2n) is 13.9. The van der Waals surface area contributed by atoms with Gasteiger partial charge in [0, 0.05) is 59.8 Å². The Morgan fingerprint density at radius 2 is 1.85 bits per heavy atom. The molecule has 48 heavy (non-hydrogen) atoms. The monoisotopic (exact) mass is 652 g/mol. The topological polar surface area (TPSA) is 97.2 Å². The number of ketones is 1. The quantitative estimate of drug-likeness (QED) is 0.186. The van der Waals surface area contributed by atoms with Crippen molar-refractivity contribution in [1.29, 1.82) is 0 Å². The van der Waals surface area contributed by atoms with Crippen LogP contribution < -0.4 is 10.1 Å². The number of ether oxygens (including phenoxy) is 2. The number of hydrogen-bond donors (Lipinski definition) is 2. The number of benzene rings is 2. The van der Waals surface area contributed by atoms with Gasteiger partial charge >= 0.3 is 5.97 Å². The summed E-state index contributed by atoms with van der Waals surface area (Å²) in [6.45, 7) is 15.7. The predicted molar refractivity (Wildman–Crippen MR) is 194 cm³/mol. The summed E-state index contributed by atoms with van der Waals surface area (Å²) in [5, 5.41) is 14.0. The Balaban J connectivity index is 1.48. The zero-order chi connectivity index (χ0) is 34.5. The number of anilines is 1. The van der Waals surface area contributed by atoms with Crippen molar-refractivity contribution in [2.45, 2.75) is 98.7 Å². The number of aryl methyl sites for hydroxylation is 1. The second kappa shape index (κ2) is 15.5. The SMILES string of the molecule is CC/N=C1/C=C2Oc3cc(NCC)c(C)cc3C(c3ccc(C(=O)C(C)CC4/C=C/CCC(OC(C)C)CC4)cc3C(=O)O)C2C=C1C. The number of fused-ring (bicyclic) bond motifs is 2. The summed E-state index contributed by atoms with van der Waals surface area (Å²) < 4.78 is 12.7. The van der Waals surface area contributed by atoms with E-state index >= 15 is 0 Å². The van der Waals surface area contributed by atoms with Gasteiger partial charge in [-0.15, -0.1) is 0 Å². The number of allylic oxidation sites excluding steroid dienone is 5. The van der Waals surface area contributed by atoms with E-state index in [0.717, 1.165) is 72.5 Å². The normalized spacial score (nSPS) is 24.3. The number of nitrogens with zero attached hydrogens (tertiary/aromatic N) is 1. The molecule has 1 heterocycles. The first kappa shape index (κ1) is 35.3. The van der Waals surface area contributed by atoms with Crippen LogP contribution in [0.1, 0.15) is 117 Å². The molecule has 5 unspecified atom stereocenters. The lowest BCUT2D eigenvalue weighted by atomic mass is 9.72. The highest BCUT2D eigenvalue weighted by Gasteiger charge is 2.39. The molecule has 5 rings (SSSR count). The van der Waals surface area contributed by atoms with E-state index in [1.54, 1.807) is 6.07 Å². The number of carbonyl (C=O) groups excluding carboxylic acids is 1. The Morgan fingerprint density at radius 1 is 1.06 bits per heavy atom. The fourth-order valence-electron chi connectivity index (χ4n) is 7.52. The van der Waals surface area contributed by atoms with E-state index in [4.69, 9.17) is 9.47 Å². The summed E-state index contributed by atoms with van der Waals surface area (Å²) in [6.07, 6.45) is 13.7. The van der Waals surface area contributed by atoms with Crippen LogP contribution in [-0.2, 0) is 4.74 Å². The van der Waals surface area contributed by atoms with Crippen molar-refractivity contribution in [3.8, 4) is 5.75 Å². The molecular formula is C41H52N2O5. The van der Waals surface area contributed by atoms with Crippen molar-refractivity contribution in [2.24, 2.45) is 22.7 Å². The van der Waals surface area contributed by atoms with Crippen LogP contribution in [0, 0.1) is 24.7 Å². The van der Waals surface area contributed by atoms with Gasteiger partial charge in [0.05, 0.1) is 23.5 Å². The van der Waals surface area contributed by atoms with Crippen molar-refractivity contribution in [3.05, 3.63) is 93.8 Å². The Labute approximate surface area is 286 Å². The molecule has 0 saturated heterocycles. The van der Waals surface area contributed by atoms with E-state index < -0.39 is 5.97 Å². The molecule has 1 aliphatic heterocycles. The van der Waals surface area contributed by atoms with Gasteiger partial charge in [0.1, 0.15) is 11.5 Å². The molecule has 2 aromatic carbocycles. The molecule has 2 aliphatic carbocycles. The molecule has 2 aromatic rings. The van der Waals surface area contributed by atoms with Gasteiger partial charge in [-0.1, -0.05) is 37.3 Å². The lowest BCUT2D eigenvalue weighted by Crippen LogP contribution is -2.29. The number of carboxylic acid groups (broad SMARTS) is 1. The fourth-order valence-corrected chi connectivity index (χ4v) is 7.52. The third-order valence-corrected chi connectivity index (χ3v) is 9.81. The maximum Gasteiger partial charge on any atom is 0.336 e. The summed E-state index contributed by atoms with van der Waals surface area (Å²) in [5.41, 5.74) is 6.14. The van der Waals surface area contributed by atoms with Gasteiger partial charge in [0.2, 0.25) is 0 Å². The molecule has 3 aliphatic rings.